The number of hydrogen-bond donors (Lipinski definition) is 0. The number of nitro groups is 2. The first-order valence-electron chi connectivity index (χ1n) is 5.38. The summed E-state index contributed by atoms with van der Waals surface area (Å²) in [6, 6.07) is 3.77. The minimum atomic E-state index is -0.632. The highest BCUT2D eigenvalue weighted by atomic mass is 79.9. The van der Waals surface area contributed by atoms with Crippen LogP contribution in [0.1, 0.15) is 19.4 Å². The first-order valence-corrected chi connectivity index (χ1v) is 6.30. The van der Waals surface area contributed by atoms with E-state index in [1.54, 1.807) is 0 Å². The normalized spacial score (nSPS) is 13.9. The highest BCUT2D eigenvalue weighted by Crippen LogP contribution is 2.28. The molecule has 18 heavy (non-hydrogen) atoms. The summed E-state index contributed by atoms with van der Waals surface area (Å²) >= 11 is 3.42. The molecule has 2 atom stereocenters. The molecule has 0 saturated heterocycles. The molecule has 0 aliphatic rings. The quantitative estimate of drug-likeness (QED) is 0.473. The van der Waals surface area contributed by atoms with E-state index in [1.807, 2.05) is 13.8 Å². The lowest BCUT2D eigenvalue weighted by Gasteiger charge is -2.13. The van der Waals surface area contributed by atoms with Gasteiger partial charge in [0.25, 0.3) is 11.4 Å². The molecule has 6 nitrogen and oxygen atoms in total. The van der Waals surface area contributed by atoms with Crippen LogP contribution in [0, 0.1) is 26.1 Å². The van der Waals surface area contributed by atoms with Crippen LogP contribution in [-0.2, 0) is 6.42 Å². The van der Waals surface area contributed by atoms with Gasteiger partial charge in [-0.1, -0.05) is 29.8 Å². The van der Waals surface area contributed by atoms with Crippen molar-refractivity contribution in [2.75, 3.05) is 0 Å². The molecule has 98 valence electrons. The summed E-state index contributed by atoms with van der Waals surface area (Å²) in [5.74, 6) is 0.199. The van der Waals surface area contributed by atoms with Gasteiger partial charge in [0.15, 0.2) is 0 Å². The van der Waals surface area contributed by atoms with Crippen LogP contribution < -0.4 is 0 Å². The van der Waals surface area contributed by atoms with Gasteiger partial charge in [-0.2, -0.15) is 0 Å². The predicted molar refractivity (Wildman–Crippen MR) is 71.0 cm³/mol. The van der Waals surface area contributed by atoms with Crippen LogP contribution in [0.25, 0.3) is 0 Å². The van der Waals surface area contributed by atoms with Gasteiger partial charge in [-0.15, -0.1) is 0 Å². The van der Waals surface area contributed by atoms with E-state index in [2.05, 4.69) is 15.9 Å². The van der Waals surface area contributed by atoms with E-state index in [0.717, 1.165) is 6.07 Å². The van der Waals surface area contributed by atoms with Crippen molar-refractivity contribution in [1.82, 2.24) is 0 Å². The molecule has 0 fully saturated rings. The van der Waals surface area contributed by atoms with Crippen molar-refractivity contribution in [2.24, 2.45) is 5.92 Å². The van der Waals surface area contributed by atoms with Crippen molar-refractivity contribution in [3.63, 3.8) is 0 Å². The molecule has 2 unspecified atom stereocenters. The van der Waals surface area contributed by atoms with Crippen molar-refractivity contribution in [3.8, 4) is 0 Å². The molecule has 0 N–H and O–H groups in total. The summed E-state index contributed by atoms with van der Waals surface area (Å²) < 4.78 is 0. The van der Waals surface area contributed by atoms with E-state index >= 15 is 0 Å². The van der Waals surface area contributed by atoms with E-state index in [0.29, 0.717) is 12.0 Å². The summed E-state index contributed by atoms with van der Waals surface area (Å²) in [6.07, 6.45) is 0.501. The maximum atomic E-state index is 10.9. The molecule has 1 aromatic carbocycles. The summed E-state index contributed by atoms with van der Waals surface area (Å²) in [5.41, 5.74) is 0.0681. The fraction of sp³-hybridized carbons (Fsp3) is 0.455. The van der Waals surface area contributed by atoms with Gasteiger partial charge in [-0.05, 0) is 18.4 Å². The van der Waals surface area contributed by atoms with Crippen molar-refractivity contribution < 1.29 is 9.85 Å². The van der Waals surface area contributed by atoms with Crippen LogP contribution in [0.3, 0.4) is 0 Å². The van der Waals surface area contributed by atoms with E-state index in [-0.39, 0.29) is 22.1 Å². The van der Waals surface area contributed by atoms with E-state index in [9.17, 15) is 20.2 Å². The van der Waals surface area contributed by atoms with Gasteiger partial charge < -0.3 is 0 Å². The fourth-order valence-corrected chi connectivity index (χ4v) is 1.70. The molecule has 1 aromatic rings. The molecule has 0 aromatic heterocycles. The Hall–Kier alpha value is -1.50. The number of benzene rings is 1. The number of halogens is 1. The molecule has 0 aliphatic heterocycles. The number of alkyl halides is 1. The van der Waals surface area contributed by atoms with Gasteiger partial charge >= 0.3 is 0 Å². The lowest BCUT2D eigenvalue weighted by atomic mass is 9.97. The third-order valence-electron chi connectivity index (χ3n) is 2.80. The first-order chi connectivity index (χ1) is 8.32. The zero-order valence-corrected chi connectivity index (χ0v) is 11.6. The SMILES string of the molecule is CC(Br)C(C)Cc1ccc([N+](=O)[O-])cc1[N+](=O)[O-]. The second-order valence-corrected chi connectivity index (χ2v) is 5.63. The maximum Gasteiger partial charge on any atom is 0.279 e. The van der Waals surface area contributed by atoms with Crippen molar-refractivity contribution >= 4 is 27.3 Å². The Morgan fingerprint density at radius 3 is 2.28 bits per heavy atom. The second kappa shape index (κ2) is 5.90. The van der Waals surface area contributed by atoms with Crippen LogP contribution in [0.2, 0.25) is 0 Å². The van der Waals surface area contributed by atoms with Gasteiger partial charge in [-0.3, -0.25) is 20.2 Å². The largest absolute Gasteiger partial charge is 0.279 e. The highest BCUT2D eigenvalue weighted by molar-refractivity contribution is 9.09. The van der Waals surface area contributed by atoms with E-state index < -0.39 is 9.85 Å². The van der Waals surface area contributed by atoms with Gasteiger partial charge in [-0.25, -0.2) is 0 Å². The maximum absolute atomic E-state index is 10.9. The molecule has 0 radical (unpaired) electrons. The summed E-state index contributed by atoms with van der Waals surface area (Å²) in [6.45, 7) is 3.92. The Labute approximate surface area is 112 Å². The number of hydrogen-bond acceptors (Lipinski definition) is 4. The topological polar surface area (TPSA) is 86.3 Å². The summed E-state index contributed by atoms with van der Waals surface area (Å²) in [5, 5.41) is 21.5. The molecule has 0 amide bonds. The van der Waals surface area contributed by atoms with Gasteiger partial charge in [0.05, 0.1) is 15.9 Å². The molecular weight excluding hydrogens is 304 g/mol. The first kappa shape index (κ1) is 14.6. The average Bonchev–Trinajstić information content (AvgIpc) is 2.28. The molecule has 0 bridgehead atoms. The van der Waals surface area contributed by atoms with Gasteiger partial charge in [0, 0.05) is 16.5 Å². The monoisotopic (exact) mass is 316 g/mol. The Morgan fingerprint density at radius 2 is 1.83 bits per heavy atom. The third kappa shape index (κ3) is 3.49. The minimum Gasteiger partial charge on any atom is -0.258 e. The van der Waals surface area contributed by atoms with Crippen LogP contribution in [0.4, 0.5) is 11.4 Å². The zero-order valence-electron chi connectivity index (χ0n) is 10.00. The van der Waals surface area contributed by atoms with Gasteiger partial charge in [0.1, 0.15) is 0 Å². The lowest BCUT2D eigenvalue weighted by Crippen LogP contribution is -2.11. The smallest absolute Gasteiger partial charge is 0.258 e. The van der Waals surface area contributed by atoms with E-state index in [4.69, 9.17) is 0 Å². The number of rotatable bonds is 5. The fourth-order valence-electron chi connectivity index (χ4n) is 1.52. The lowest BCUT2D eigenvalue weighted by molar-refractivity contribution is -0.394. The number of non-ortho nitro benzene ring substituents is 1. The second-order valence-electron chi connectivity index (χ2n) is 4.19. The van der Waals surface area contributed by atoms with Crippen molar-refractivity contribution in [2.45, 2.75) is 25.1 Å². The molecule has 7 heteroatoms. The Kier molecular flexibility index (Phi) is 4.77. The molecule has 0 saturated carbocycles. The third-order valence-corrected chi connectivity index (χ3v) is 3.70. The average molecular weight is 317 g/mol. The molecule has 0 spiro atoms. The Bertz CT molecular complexity index is 476. The summed E-state index contributed by atoms with van der Waals surface area (Å²) in [4.78, 5) is 20.5. The number of nitrogens with zero attached hydrogens (tertiary/aromatic N) is 2. The summed E-state index contributed by atoms with van der Waals surface area (Å²) in [7, 11) is 0. The molecule has 0 aliphatic carbocycles. The molecular formula is C11H13BrN2O4. The van der Waals surface area contributed by atoms with Crippen LogP contribution >= 0.6 is 15.9 Å². The predicted octanol–water partition coefficient (Wildman–Crippen LogP) is 3.47. The molecule has 1 rings (SSSR count). The zero-order chi connectivity index (χ0) is 13.9. The van der Waals surface area contributed by atoms with Crippen molar-refractivity contribution in [3.05, 3.63) is 44.0 Å². The number of nitro benzene ring substituents is 2. The standard InChI is InChI=1S/C11H13BrN2O4/c1-7(8(2)12)5-9-3-4-10(13(15)16)6-11(9)14(17)18/h3-4,6-8H,5H2,1-2H3. The molecule has 0 heterocycles. The van der Waals surface area contributed by atoms with Crippen LogP contribution in [0.5, 0.6) is 0 Å². The van der Waals surface area contributed by atoms with Crippen LogP contribution in [0.15, 0.2) is 18.2 Å². The highest BCUT2D eigenvalue weighted by Gasteiger charge is 2.21. The Balaban J connectivity index is 3.12. The Morgan fingerprint density at radius 1 is 1.22 bits per heavy atom. The minimum absolute atomic E-state index is 0.191. The van der Waals surface area contributed by atoms with Crippen molar-refractivity contribution in [1.29, 1.82) is 0 Å². The van der Waals surface area contributed by atoms with E-state index in [1.165, 1.54) is 12.1 Å². The van der Waals surface area contributed by atoms with Gasteiger partial charge in [0.2, 0.25) is 0 Å². The van der Waals surface area contributed by atoms with Crippen LogP contribution in [-0.4, -0.2) is 14.7 Å².